The van der Waals surface area contributed by atoms with Crippen LogP contribution >= 0.6 is 0 Å². The smallest absolute Gasteiger partial charge is 0.0152 e. The molecule has 244 valence electrons. The van der Waals surface area contributed by atoms with Crippen LogP contribution in [0.1, 0.15) is 53.0 Å². The molecule has 0 bridgehead atoms. The van der Waals surface area contributed by atoms with Crippen LogP contribution in [0.5, 0.6) is 0 Å². The van der Waals surface area contributed by atoms with Crippen molar-refractivity contribution in [3.8, 4) is 44.5 Å². The molecule has 0 N–H and O–H groups in total. The maximum atomic E-state index is 2.54. The molecule has 3 atom stereocenters. The third-order valence-electron chi connectivity index (χ3n) is 13.0. The van der Waals surface area contributed by atoms with Crippen molar-refractivity contribution in [2.45, 2.75) is 32.1 Å². The molecule has 5 aliphatic carbocycles. The standard InChI is InChI=1S/C52H36/c1-29-17-19-31-9-3-5-11-35(31)49(29)33-21-23-37-43(25-33)39-13-7-15-41-46-28-48-38-24-22-34(50-30(2)18-20-32-10-4-6-12-36(32)50)26-44(38)40-14-8-16-42(52(40)48)45(46)27-47(37)51(39)41/h3-13,15-28,35,40,49H,14H2,1-2H3. The number of aryl methyl sites for hydroxylation is 1. The van der Waals surface area contributed by atoms with Crippen molar-refractivity contribution in [3.05, 3.63) is 185 Å². The van der Waals surface area contributed by atoms with Crippen LogP contribution in [0.2, 0.25) is 0 Å². The summed E-state index contributed by atoms with van der Waals surface area (Å²) in [4.78, 5) is 0. The van der Waals surface area contributed by atoms with E-state index in [1.54, 1.807) is 0 Å². The van der Waals surface area contributed by atoms with Gasteiger partial charge in [-0.05, 0) is 155 Å². The van der Waals surface area contributed by atoms with Crippen molar-refractivity contribution in [3.63, 3.8) is 0 Å². The Morgan fingerprint density at radius 2 is 1.48 bits per heavy atom. The number of hydrogen-bond donors (Lipinski definition) is 0. The number of rotatable bonds is 2. The molecule has 0 radical (unpaired) electrons. The van der Waals surface area contributed by atoms with Gasteiger partial charge in [-0.1, -0.05) is 133 Å². The van der Waals surface area contributed by atoms with Gasteiger partial charge >= 0.3 is 0 Å². The molecule has 7 aromatic carbocycles. The first-order chi connectivity index (χ1) is 25.6. The van der Waals surface area contributed by atoms with Gasteiger partial charge in [-0.3, -0.25) is 0 Å². The zero-order valence-electron chi connectivity index (χ0n) is 29.4. The Morgan fingerprint density at radius 1 is 0.596 bits per heavy atom. The Balaban J connectivity index is 1.04. The maximum Gasteiger partial charge on any atom is 0.0152 e. The number of fused-ring (bicyclic) bond motifs is 11. The molecule has 0 fully saturated rings. The zero-order valence-corrected chi connectivity index (χ0v) is 29.4. The third-order valence-corrected chi connectivity index (χ3v) is 13.0. The highest BCUT2D eigenvalue weighted by molar-refractivity contribution is 6.25. The van der Waals surface area contributed by atoms with Crippen LogP contribution in [-0.4, -0.2) is 0 Å². The highest BCUT2D eigenvalue weighted by Crippen LogP contribution is 2.57. The summed E-state index contributed by atoms with van der Waals surface area (Å²) in [5.74, 6) is 1.12. The molecule has 7 aromatic rings. The molecule has 0 heteroatoms. The van der Waals surface area contributed by atoms with Gasteiger partial charge in [0.15, 0.2) is 0 Å². The van der Waals surface area contributed by atoms with E-state index in [0.29, 0.717) is 17.8 Å². The van der Waals surface area contributed by atoms with E-state index >= 15 is 0 Å². The second-order valence-corrected chi connectivity index (χ2v) is 15.6. The molecule has 52 heavy (non-hydrogen) atoms. The van der Waals surface area contributed by atoms with Crippen molar-refractivity contribution in [1.82, 2.24) is 0 Å². The fraction of sp³-hybridized carbons (Fsp3) is 0.115. The molecule has 0 saturated carbocycles. The second kappa shape index (κ2) is 10.3. The number of benzene rings is 7. The van der Waals surface area contributed by atoms with E-state index in [1.165, 1.54) is 116 Å². The molecular weight excluding hydrogens is 625 g/mol. The van der Waals surface area contributed by atoms with Crippen LogP contribution in [0.25, 0.3) is 82.9 Å². The summed E-state index contributed by atoms with van der Waals surface area (Å²) < 4.78 is 0. The molecule has 0 nitrogen and oxygen atoms in total. The lowest BCUT2D eigenvalue weighted by Gasteiger charge is -2.31. The first kappa shape index (κ1) is 28.7. The fourth-order valence-corrected chi connectivity index (χ4v) is 10.7. The predicted molar refractivity (Wildman–Crippen MR) is 221 cm³/mol. The lowest BCUT2D eigenvalue weighted by Crippen LogP contribution is -2.18. The van der Waals surface area contributed by atoms with Crippen LogP contribution in [0.3, 0.4) is 0 Å². The summed E-state index contributed by atoms with van der Waals surface area (Å²) in [7, 11) is 0. The SMILES string of the molecule is CC1=CC=C2C=CC=CC2C1c1ccc2c(c1)-c1cccc3c1c-2cc1c2c4c(cc13)-c1ccc(-c3c(C)ccc5ccccc35)cc1C4CC=C2. The Labute approximate surface area is 304 Å². The predicted octanol–water partition coefficient (Wildman–Crippen LogP) is 14.0. The number of hydrogen-bond acceptors (Lipinski definition) is 0. The monoisotopic (exact) mass is 660 g/mol. The van der Waals surface area contributed by atoms with Gasteiger partial charge in [0.05, 0.1) is 0 Å². The largest absolute Gasteiger partial charge is 0.0830 e. The van der Waals surface area contributed by atoms with Crippen molar-refractivity contribution in [2.24, 2.45) is 5.92 Å². The molecule has 12 rings (SSSR count). The summed E-state index contributed by atoms with van der Waals surface area (Å²) >= 11 is 0. The minimum absolute atomic E-state index is 0.355. The highest BCUT2D eigenvalue weighted by atomic mass is 14.4. The summed E-state index contributed by atoms with van der Waals surface area (Å²) in [6.07, 6.45) is 19.6. The van der Waals surface area contributed by atoms with Crippen molar-refractivity contribution in [2.75, 3.05) is 0 Å². The van der Waals surface area contributed by atoms with Gasteiger partial charge < -0.3 is 0 Å². The van der Waals surface area contributed by atoms with E-state index in [4.69, 9.17) is 0 Å². The van der Waals surface area contributed by atoms with Crippen LogP contribution < -0.4 is 0 Å². The Bertz CT molecular complexity index is 2950. The summed E-state index contributed by atoms with van der Waals surface area (Å²) in [6, 6.07) is 40.1. The average Bonchev–Trinajstić information content (AvgIpc) is 3.68. The third kappa shape index (κ3) is 3.72. The van der Waals surface area contributed by atoms with E-state index in [9.17, 15) is 0 Å². The van der Waals surface area contributed by atoms with E-state index in [-0.39, 0.29) is 0 Å². The molecular formula is C52H36. The second-order valence-electron chi connectivity index (χ2n) is 15.6. The average molecular weight is 661 g/mol. The Kier molecular flexibility index (Phi) is 5.68. The molecule has 0 aliphatic heterocycles. The minimum Gasteiger partial charge on any atom is -0.0830 e. The Morgan fingerprint density at radius 3 is 2.44 bits per heavy atom. The lowest BCUT2D eigenvalue weighted by molar-refractivity contribution is 0.638. The van der Waals surface area contributed by atoms with Crippen LogP contribution in [0.4, 0.5) is 0 Å². The lowest BCUT2D eigenvalue weighted by atomic mass is 9.72. The van der Waals surface area contributed by atoms with Crippen molar-refractivity contribution >= 4 is 38.4 Å². The van der Waals surface area contributed by atoms with E-state index in [0.717, 1.165) is 6.42 Å². The zero-order chi connectivity index (χ0) is 34.2. The topological polar surface area (TPSA) is 0 Å². The van der Waals surface area contributed by atoms with Gasteiger partial charge in [0.1, 0.15) is 0 Å². The first-order valence-corrected chi connectivity index (χ1v) is 18.9. The first-order valence-electron chi connectivity index (χ1n) is 18.9. The quantitative estimate of drug-likeness (QED) is 0.162. The normalized spacial score (nSPS) is 19.8. The van der Waals surface area contributed by atoms with Crippen LogP contribution in [0, 0.1) is 12.8 Å². The molecule has 3 unspecified atom stereocenters. The van der Waals surface area contributed by atoms with Crippen molar-refractivity contribution in [1.29, 1.82) is 0 Å². The van der Waals surface area contributed by atoms with Gasteiger partial charge in [-0.25, -0.2) is 0 Å². The summed E-state index contributed by atoms with van der Waals surface area (Å²) in [5, 5.41) is 8.16. The van der Waals surface area contributed by atoms with Gasteiger partial charge in [-0.15, -0.1) is 0 Å². The van der Waals surface area contributed by atoms with E-state index in [2.05, 4.69) is 166 Å². The molecule has 0 heterocycles. The van der Waals surface area contributed by atoms with Gasteiger partial charge in [0.25, 0.3) is 0 Å². The minimum atomic E-state index is 0.355. The number of allylic oxidation sites excluding steroid dienone is 9. The van der Waals surface area contributed by atoms with Gasteiger partial charge in [0.2, 0.25) is 0 Å². The van der Waals surface area contributed by atoms with Crippen LogP contribution in [0.15, 0.2) is 157 Å². The van der Waals surface area contributed by atoms with Crippen molar-refractivity contribution < 1.29 is 0 Å². The molecule has 0 spiro atoms. The summed E-state index contributed by atoms with van der Waals surface area (Å²) in [5.41, 5.74) is 21.0. The van der Waals surface area contributed by atoms with E-state index < -0.39 is 0 Å². The summed E-state index contributed by atoms with van der Waals surface area (Å²) in [6.45, 7) is 4.55. The van der Waals surface area contributed by atoms with Crippen LogP contribution in [-0.2, 0) is 0 Å². The maximum absolute atomic E-state index is 2.54. The molecule has 0 aromatic heterocycles. The van der Waals surface area contributed by atoms with Gasteiger partial charge in [-0.2, -0.15) is 0 Å². The Hall–Kier alpha value is -5.98. The highest BCUT2D eigenvalue weighted by Gasteiger charge is 2.35. The molecule has 0 saturated heterocycles. The molecule has 0 amide bonds. The van der Waals surface area contributed by atoms with Gasteiger partial charge in [0, 0.05) is 17.8 Å². The van der Waals surface area contributed by atoms with E-state index in [1.807, 2.05) is 0 Å². The molecule has 5 aliphatic rings. The fourth-order valence-electron chi connectivity index (χ4n) is 10.7.